The van der Waals surface area contributed by atoms with Gasteiger partial charge in [-0.05, 0) is 0 Å². The van der Waals surface area contributed by atoms with Crippen LogP contribution in [-0.2, 0) is 14.6 Å². The molecule has 0 aromatic heterocycles. The monoisotopic (exact) mass is 254 g/mol. The van der Waals surface area contributed by atoms with Crippen LogP contribution >= 0.6 is 11.8 Å². The fourth-order valence-corrected chi connectivity index (χ4v) is 5.03. The Kier molecular flexibility index (Phi) is 4.02. The topological polar surface area (TPSA) is 91.7 Å². The predicted molar refractivity (Wildman–Crippen MR) is 57.7 cm³/mol. The van der Waals surface area contributed by atoms with E-state index in [0.717, 1.165) is 0 Å². The summed E-state index contributed by atoms with van der Waals surface area (Å²) in [6.07, 6.45) is -0.860. The van der Waals surface area contributed by atoms with Crippen molar-refractivity contribution in [3.63, 3.8) is 0 Å². The minimum atomic E-state index is -3.13. The normalized spacial score (nSPS) is 31.3. The van der Waals surface area contributed by atoms with Gasteiger partial charge >= 0.3 is 5.97 Å². The van der Waals surface area contributed by atoms with E-state index in [1.165, 1.54) is 11.8 Å². The van der Waals surface area contributed by atoms with E-state index in [-0.39, 0.29) is 16.8 Å². The Morgan fingerprint density at radius 3 is 2.53 bits per heavy atom. The fraction of sp³-hybridized carbons (Fsp3) is 0.875. The van der Waals surface area contributed by atoms with Gasteiger partial charge in [-0.2, -0.15) is 11.8 Å². The Bertz CT molecular complexity index is 337. The lowest BCUT2D eigenvalue weighted by molar-refractivity contribution is -0.140. The average Bonchev–Trinajstić information content (AvgIpc) is 2.35. The molecule has 0 aromatic carbocycles. The van der Waals surface area contributed by atoms with E-state index in [1.807, 2.05) is 0 Å². The minimum absolute atomic E-state index is 0.0504. The van der Waals surface area contributed by atoms with Crippen molar-refractivity contribution >= 4 is 27.6 Å². The van der Waals surface area contributed by atoms with E-state index in [0.29, 0.717) is 5.75 Å². The molecular formula is C8H14O5S2. The van der Waals surface area contributed by atoms with Gasteiger partial charge in [-0.3, -0.25) is 4.79 Å². The van der Waals surface area contributed by atoms with Crippen molar-refractivity contribution in [3.8, 4) is 0 Å². The molecule has 1 aliphatic heterocycles. The first kappa shape index (κ1) is 12.8. The van der Waals surface area contributed by atoms with Gasteiger partial charge in [-0.15, -0.1) is 0 Å². The van der Waals surface area contributed by atoms with Crippen LogP contribution < -0.4 is 0 Å². The Morgan fingerprint density at radius 2 is 2.13 bits per heavy atom. The van der Waals surface area contributed by atoms with E-state index < -0.39 is 27.8 Å². The zero-order chi connectivity index (χ0) is 11.6. The quantitative estimate of drug-likeness (QED) is 0.709. The second-order valence-corrected chi connectivity index (χ2v) is 7.18. The van der Waals surface area contributed by atoms with Crippen LogP contribution in [0.4, 0.5) is 0 Å². The molecule has 1 saturated heterocycles. The fourth-order valence-electron chi connectivity index (χ4n) is 1.30. The summed E-state index contributed by atoms with van der Waals surface area (Å²) in [5, 5.41) is 17.7. The van der Waals surface area contributed by atoms with Gasteiger partial charge in [0.25, 0.3) is 0 Å². The molecule has 0 radical (unpaired) electrons. The summed E-state index contributed by atoms with van der Waals surface area (Å²) in [4.78, 5) is 10.5. The second-order valence-electron chi connectivity index (χ2n) is 3.76. The van der Waals surface area contributed by atoms with Crippen molar-refractivity contribution in [1.82, 2.24) is 0 Å². The first-order valence-electron chi connectivity index (χ1n) is 4.55. The second kappa shape index (κ2) is 4.71. The zero-order valence-corrected chi connectivity index (χ0v) is 9.92. The molecule has 0 saturated carbocycles. The molecular weight excluding hydrogens is 240 g/mol. The summed E-state index contributed by atoms with van der Waals surface area (Å²) >= 11 is 1.22. The Labute approximate surface area is 92.8 Å². The summed E-state index contributed by atoms with van der Waals surface area (Å²) < 4.78 is 22.3. The van der Waals surface area contributed by atoms with Gasteiger partial charge in [0.05, 0.1) is 23.5 Å². The number of sulfone groups is 1. The predicted octanol–water partition coefficient (Wildman–Crippen LogP) is -0.402. The van der Waals surface area contributed by atoms with Crippen molar-refractivity contribution in [2.24, 2.45) is 5.92 Å². The lowest BCUT2D eigenvalue weighted by Gasteiger charge is -2.13. The summed E-state index contributed by atoms with van der Waals surface area (Å²) in [5.74, 6) is -1.35. The third-order valence-electron chi connectivity index (χ3n) is 2.25. The van der Waals surface area contributed by atoms with Gasteiger partial charge in [-0.25, -0.2) is 8.42 Å². The molecule has 0 aliphatic carbocycles. The van der Waals surface area contributed by atoms with E-state index in [9.17, 15) is 18.3 Å². The Morgan fingerprint density at radius 1 is 1.53 bits per heavy atom. The third kappa shape index (κ3) is 3.66. The molecule has 1 aliphatic rings. The molecule has 0 aromatic rings. The number of rotatable bonds is 4. The molecule has 7 heteroatoms. The number of thioether (sulfide) groups is 1. The molecule has 88 valence electrons. The molecule has 15 heavy (non-hydrogen) atoms. The maximum absolute atomic E-state index is 11.1. The highest BCUT2D eigenvalue weighted by atomic mass is 32.2. The maximum Gasteiger partial charge on any atom is 0.307 e. The van der Waals surface area contributed by atoms with Crippen molar-refractivity contribution in [1.29, 1.82) is 0 Å². The highest BCUT2D eigenvalue weighted by Gasteiger charge is 2.36. The number of aliphatic hydroxyl groups excluding tert-OH is 1. The SMILES string of the molecule is CC(CSC1CS(=O)(=O)CC1O)C(=O)O. The van der Waals surface area contributed by atoms with Gasteiger partial charge in [0.1, 0.15) is 0 Å². The van der Waals surface area contributed by atoms with Crippen LogP contribution in [0.15, 0.2) is 0 Å². The van der Waals surface area contributed by atoms with Crippen molar-refractivity contribution in [2.45, 2.75) is 18.3 Å². The summed E-state index contributed by atoms with van der Waals surface area (Å²) in [7, 11) is -3.13. The minimum Gasteiger partial charge on any atom is -0.481 e. The maximum atomic E-state index is 11.1. The van der Waals surface area contributed by atoms with Gasteiger partial charge in [0, 0.05) is 11.0 Å². The highest BCUT2D eigenvalue weighted by molar-refractivity contribution is 8.01. The summed E-state index contributed by atoms with van der Waals surface area (Å²) in [5.41, 5.74) is 0. The van der Waals surface area contributed by atoms with E-state index in [2.05, 4.69) is 0 Å². The van der Waals surface area contributed by atoms with Gasteiger partial charge in [-0.1, -0.05) is 6.92 Å². The molecule has 2 N–H and O–H groups in total. The Hall–Kier alpha value is -0.270. The van der Waals surface area contributed by atoms with Gasteiger partial charge in [0.15, 0.2) is 9.84 Å². The molecule has 1 fully saturated rings. The Balaban J connectivity index is 2.44. The first-order valence-corrected chi connectivity index (χ1v) is 7.42. The number of carboxylic acids is 1. The largest absolute Gasteiger partial charge is 0.481 e. The van der Waals surface area contributed by atoms with E-state index in [4.69, 9.17) is 5.11 Å². The lowest BCUT2D eigenvalue weighted by Crippen LogP contribution is -2.23. The molecule has 1 heterocycles. The van der Waals surface area contributed by atoms with E-state index >= 15 is 0 Å². The number of carboxylic acid groups (broad SMARTS) is 1. The molecule has 0 amide bonds. The molecule has 0 bridgehead atoms. The molecule has 5 nitrogen and oxygen atoms in total. The molecule has 1 rings (SSSR count). The van der Waals surface area contributed by atoms with Crippen LogP contribution in [0, 0.1) is 5.92 Å². The molecule has 0 spiro atoms. The number of hydrogen-bond donors (Lipinski definition) is 2. The van der Waals surface area contributed by atoms with Crippen LogP contribution in [0.25, 0.3) is 0 Å². The van der Waals surface area contributed by atoms with Crippen molar-refractivity contribution in [2.75, 3.05) is 17.3 Å². The van der Waals surface area contributed by atoms with Crippen LogP contribution in [0.5, 0.6) is 0 Å². The number of aliphatic carboxylic acids is 1. The van der Waals surface area contributed by atoms with Crippen molar-refractivity contribution < 1.29 is 23.4 Å². The standard InChI is InChI=1S/C8H14O5S2/c1-5(8(10)11)2-14-7-4-15(12,13)3-6(7)9/h5-7,9H,2-4H2,1H3,(H,10,11). The van der Waals surface area contributed by atoms with Crippen LogP contribution in [0.2, 0.25) is 0 Å². The lowest BCUT2D eigenvalue weighted by atomic mass is 10.2. The van der Waals surface area contributed by atoms with E-state index in [1.54, 1.807) is 6.92 Å². The van der Waals surface area contributed by atoms with Crippen LogP contribution in [0.3, 0.4) is 0 Å². The summed E-state index contributed by atoms with van der Waals surface area (Å²) in [6, 6.07) is 0. The summed E-state index contributed by atoms with van der Waals surface area (Å²) in [6.45, 7) is 1.56. The van der Waals surface area contributed by atoms with Gasteiger partial charge < -0.3 is 10.2 Å². The third-order valence-corrected chi connectivity index (χ3v) is 5.78. The highest BCUT2D eigenvalue weighted by Crippen LogP contribution is 2.26. The average molecular weight is 254 g/mol. The van der Waals surface area contributed by atoms with Gasteiger partial charge in [0.2, 0.25) is 0 Å². The molecule has 3 atom stereocenters. The number of aliphatic hydroxyl groups is 1. The number of carbonyl (C=O) groups is 1. The number of hydrogen-bond acceptors (Lipinski definition) is 5. The molecule has 3 unspecified atom stereocenters. The smallest absolute Gasteiger partial charge is 0.307 e. The van der Waals surface area contributed by atoms with Crippen LogP contribution in [0.1, 0.15) is 6.92 Å². The first-order chi connectivity index (χ1) is 6.82. The van der Waals surface area contributed by atoms with Crippen molar-refractivity contribution in [3.05, 3.63) is 0 Å². The van der Waals surface area contributed by atoms with Crippen LogP contribution in [-0.4, -0.2) is 53.2 Å². The zero-order valence-electron chi connectivity index (χ0n) is 8.29.